The van der Waals surface area contributed by atoms with Crippen molar-refractivity contribution >= 4 is 51.9 Å². The largest absolute Gasteiger partial charge is 0.335 e. The van der Waals surface area contributed by atoms with Crippen molar-refractivity contribution in [3.05, 3.63) is 77.5 Å². The fourth-order valence-corrected chi connectivity index (χ4v) is 4.07. The Hall–Kier alpha value is -4.63. The number of H-pyrrole nitrogens is 2. The van der Waals surface area contributed by atoms with Gasteiger partial charge in [0, 0.05) is 29.4 Å². The van der Waals surface area contributed by atoms with Gasteiger partial charge in [0.05, 0.1) is 22.6 Å². The summed E-state index contributed by atoms with van der Waals surface area (Å²) in [6.07, 6.45) is 9.19. The van der Waals surface area contributed by atoms with Crippen LogP contribution in [0.4, 0.5) is 0 Å². The Morgan fingerprint density at radius 2 is 2.08 bits per heavy atom. The zero-order valence-electron chi connectivity index (χ0n) is 20.2. The summed E-state index contributed by atoms with van der Waals surface area (Å²) in [5, 5.41) is 11.6. The molecule has 0 bridgehead atoms. The van der Waals surface area contributed by atoms with Crippen LogP contribution in [0.1, 0.15) is 25.8 Å². The van der Waals surface area contributed by atoms with Gasteiger partial charge in [0.25, 0.3) is 0 Å². The molecule has 0 unspecified atom stereocenters. The number of benzene rings is 1. The van der Waals surface area contributed by atoms with E-state index in [-0.39, 0.29) is 5.91 Å². The average Bonchev–Trinajstić information content (AvgIpc) is 3.54. The van der Waals surface area contributed by atoms with Crippen LogP contribution in [0.3, 0.4) is 0 Å². The Morgan fingerprint density at radius 3 is 2.86 bits per heavy atom. The Kier molecular flexibility index (Phi) is 6.61. The van der Waals surface area contributed by atoms with E-state index in [1.54, 1.807) is 31.6 Å². The Bertz CT molecular complexity index is 1710. The molecule has 0 saturated carbocycles. The van der Waals surface area contributed by atoms with E-state index in [4.69, 9.17) is 16.6 Å². The molecule has 1 aromatic carbocycles. The lowest BCUT2D eigenvalue weighted by Gasteiger charge is -2.03. The molecule has 10 heteroatoms. The van der Waals surface area contributed by atoms with E-state index in [0.29, 0.717) is 34.4 Å². The maximum absolute atomic E-state index is 11.7. The lowest BCUT2D eigenvalue weighted by molar-refractivity contribution is -0.120. The molecular formula is C27H23ClN8O. The first-order valence-corrected chi connectivity index (χ1v) is 11.9. The SMILES string of the molecule is C=N/C(=C\C=C(/C)c1cnc2n[nH]c(-c3nc4c(-c5cccc(Cl)c5)cncc4[nH]3)c2c1)NC(=O)CC. The second kappa shape index (κ2) is 10.2. The minimum absolute atomic E-state index is 0.129. The molecule has 1 amide bonds. The minimum atomic E-state index is -0.129. The van der Waals surface area contributed by atoms with Gasteiger partial charge in [0.1, 0.15) is 11.5 Å². The number of nitrogens with one attached hydrogen (secondary N) is 3. The highest BCUT2D eigenvalue weighted by Gasteiger charge is 2.16. The Balaban J connectivity index is 1.53. The third-order valence-electron chi connectivity index (χ3n) is 5.88. The van der Waals surface area contributed by atoms with Crippen LogP contribution < -0.4 is 5.32 Å². The third-order valence-corrected chi connectivity index (χ3v) is 6.12. The second-order valence-electron chi connectivity index (χ2n) is 8.33. The van der Waals surface area contributed by atoms with Crippen molar-refractivity contribution < 1.29 is 4.79 Å². The third kappa shape index (κ3) is 4.89. The predicted molar refractivity (Wildman–Crippen MR) is 147 cm³/mol. The van der Waals surface area contributed by atoms with E-state index in [1.165, 1.54) is 0 Å². The number of carbonyl (C=O) groups excluding carboxylic acids is 1. The summed E-state index contributed by atoms with van der Waals surface area (Å²) in [6.45, 7) is 7.24. The molecule has 3 N–H and O–H groups in total. The highest BCUT2D eigenvalue weighted by Crippen LogP contribution is 2.32. The number of hydrogen-bond donors (Lipinski definition) is 3. The molecule has 0 fully saturated rings. The number of aliphatic imine (C=N–C) groups is 1. The summed E-state index contributed by atoms with van der Waals surface area (Å²) in [4.78, 5) is 32.6. The Labute approximate surface area is 217 Å². The fourth-order valence-electron chi connectivity index (χ4n) is 3.88. The van der Waals surface area contributed by atoms with Crippen LogP contribution in [0.25, 0.3) is 50.3 Å². The molecule has 0 aliphatic heterocycles. The Morgan fingerprint density at radius 1 is 1.22 bits per heavy atom. The zero-order chi connectivity index (χ0) is 25.9. The molecule has 0 spiro atoms. The first-order valence-electron chi connectivity index (χ1n) is 11.6. The summed E-state index contributed by atoms with van der Waals surface area (Å²) >= 11 is 6.21. The predicted octanol–water partition coefficient (Wildman–Crippen LogP) is 5.69. The molecular weight excluding hydrogens is 488 g/mol. The average molecular weight is 511 g/mol. The van der Waals surface area contributed by atoms with Crippen LogP contribution in [0.15, 0.2) is 71.9 Å². The number of pyridine rings is 2. The molecule has 37 heavy (non-hydrogen) atoms. The highest BCUT2D eigenvalue weighted by molar-refractivity contribution is 6.30. The standard InChI is InChI=1S/C27H23ClN8O/c1-4-23(37)33-22(29-3)9-8-15(2)17-11-19-25(35-36-26(19)31-12-17)27-32-21-14-30-13-20(24(21)34-27)16-6-5-7-18(28)10-16/h5-14H,3-4H2,1-2H3,(H,32,34)(H,33,37)(H,31,35,36)/b15-8+,22-9+. The molecule has 0 atom stereocenters. The number of hydrogen-bond acceptors (Lipinski definition) is 6. The molecule has 0 aliphatic rings. The summed E-state index contributed by atoms with van der Waals surface area (Å²) < 4.78 is 0. The van der Waals surface area contributed by atoms with Crippen LogP contribution in [0, 0.1) is 0 Å². The summed E-state index contributed by atoms with van der Waals surface area (Å²) in [7, 11) is 0. The molecule has 4 aromatic heterocycles. The topological polar surface area (TPSA) is 125 Å². The molecule has 184 valence electrons. The van der Waals surface area contributed by atoms with E-state index < -0.39 is 0 Å². The van der Waals surface area contributed by atoms with Crippen LogP contribution in [0.2, 0.25) is 5.02 Å². The van der Waals surface area contributed by atoms with Gasteiger partial charge in [-0.1, -0.05) is 36.7 Å². The van der Waals surface area contributed by atoms with Crippen molar-refractivity contribution in [1.29, 1.82) is 0 Å². The van der Waals surface area contributed by atoms with Gasteiger partial charge < -0.3 is 10.3 Å². The lowest BCUT2D eigenvalue weighted by Crippen LogP contribution is -2.20. The van der Waals surface area contributed by atoms with Gasteiger partial charge in [0.2, 0.25) is 5.91 Å². The van der Waals surface area contributed by atoms with Gasteiger partial charge in [-0.25, -0.2) is 15.0 Å². The van der Waals surface area contributed by atoms with Crippen molar-refractivity contribution in [2.24, 2.45) is 4.99 Å². The molecule has 0 saturated heterocycles. The van der Waals surface area contributed by atoms with Gasteiger partial charge in [-0.2, -0.15) is 5.10 Å². The second-order valence-corrected chi connectivity index (χ2v) is 8.77. The smallest absolute Gasteiger partial charge is 0.225 e. The van der Waals surface area contributed by atoms with Gasteiger partial charge in [-0.3, -0.25) is 14.9 Å². The highest BCUT2D eigenvalue weighted by atomic mass is 35.5. The molecule has 4 heterocycles. The maximum Gasteiger partial charge on any atom is 0.225 e. The number of imidazole rings is 1. The molecule has 0 radical (unpaired) electrons. The molecule has 5 rings (SSSR count). The molecule has 5 aromatic rings. The number of rotatable bonds is 7. The summed E-state index contributed by atoms with van der Waals surface area (Å²) in [5.41, 5.74) is 6.46. The van der Waals surface area contributed by atoms with Crippen LogP contribution in [-0.4, -0.2) is 42.8 Å². The number of nitrogens with zero attached hydrogens (tertiary/aromatic N) is 5. The number of fused-ring (bicyclic) bond motifs is 2. The first kappa shape index (κ1) is 24.1. The molecule has 0 aliphatic carbocycles. The van der Waals surface area contributed by atoms with E-state index >= 15 is 0 Å². The van der Waals surface area contributed by atoms with Crippen molar-refractivity contribution in [3.8, 4) is 22.6 Å². The van der Waals surface area contributed by atoms with Crippen molar-refractivity contribution in [3.63, 3.8) is 0 Å². The number of amides is 1. The number of halogens is 1. The number of carbonyl (C=O) groups is 1. The van der Waals surface area contributed by atoms with Gasteiger partial charge in [0.15, 0.2) is 11.5 Å². The van der Waals surface area contributed by atoms with Crippen molar-refractivity contribution in [2.75, 3.05) is 0 Å². The fraction of sp³-hybridized carbons (Fsp3) is 0.111. The number of aromatic nitrogens is 6. The first-order chi connectivity index (χ1) is 18.0. The number of aromatic amines is 2. The van der Waals surface area contributed by atoms with Gasteiger partial charge in [-0.05, 0) is 54.6 Å². The number of allylic oxidation sites excluding steroid dienone is 3. The van der Waals surface area contributed by atoms with E-state index in [9.17, 15) is 4.79 Å². The zero-order valence-corrected chi connectivity index (χ0v) is 21.0. The van der Waals surface area contributed by atoms with E-state index in [2.05, 4.69) is 42.2 Å². The summed E-state index contributed by atoms with van der Waals surface area (Å²) in [5.74, 6) is 0.876. The van der Waals surface area contributed by atoms with Crippen LogP contribution >= 0.6 is 11.6 Å². The summed E-state index contributed by atoms with van der Waals surface area (Å²) in [6, 6.07) is 9.59. The van der Waals surface area contributed by atoms with Gasteiger partial charge in [-0.15, -0.1) is 0 Å². The normalized spacial score (nSPS) is 12.3. The minimum Gasteiger partial charge on any atom is -0.335 e. The van der Waals surface area contributed by atoms with Crippen molar-refractivity contribution in [2.45, 2.75) is 20.3 Å². The van der Waals surface area contributed by atoms with Crippen molar-refractivity contribution in [1.82, 2.24) is 35.5 Å². The van der Waals surface area contributed by atoms with Gasteiger partial charge >= 0.3 is 0 Å². The van der Waals surface area contributed by atoms with E-state index in [0.717, 1.165) is 38.7 Å². The van der Waals surface area contributed by atoms with Crippen LogP contribution in [0.5, 0.6) is 0 Å². The van der Waals surface area contributed by atoms with E-state index in [1.807, 2.05) is 43.3 Å². The monoisotopic (exact) mass is 510 g/mol. The van der Waals surface area contributed by atoms with Crippen LogP contribution in [-0.2, 0) is 4.79 Å². The maximum atomic E-state index is 11.7. The lowest BCUT2D eigenvalue weighted by atomic mass is 10.1. The quantitative estimate of drug-likeness (QED) is 0.192. The molecule has 9 nitrogen and oxygen atoms in total.